The Hall–Kier alpha value is -2.06. The second-order valence-corrected chi connectivity index (χ2v) is 18.9. The third kappa shape index (κ3) is 48.8. The van der Waals surface area contributed by atoms with Crippen LogP contribution in [0.4, 0.5) is 0 Å². The second kappa shape index (κ2) is 44.5. The molecule has 0 aromatic carbocycles. The number of rotatable bonds is 45. The number of nitrogens with zero attached hydrogens (tertiary/aromatic N) is 1. The van der Waals surface area contributed by atoms with Crippen molar-refractivity contribution in [3.8, 4) is 0 Å². The lowest BCUT2D eigenvalue weighted by molar-refractivity contribution is -0.870. The van der Waals surface area contributed by atoms with E-state index in [0.717, 1.165) is 51.4 Å². The molecule has 2 unspecified atom stereocenters. The molecule has 0 saturated carbocycles. The first-order valence-corrected chi connectivity index (χ1v) is 26.2. The lowest BCUT2D eigenvalue weighted by atomic mass is 10.1. The average Bonchev–Trinajstić information content (AvgIpc) is 3.22. The molecule has 0 spiro atoms. The van der Waals surface area contributed by atoms with E-state index in [-0.39, 0.29) is 32.2 Å². The maximum Gasteiger partial charge on any atom is 0.472 e. The monoisotopic (exact) mass is 877 g/mol. The molecular weight excluding hydrogens is 782 g/mol. The fourth-order valence-corrected chi connectivity index (χ4v) is 7.21. The zero-order chi connectivity index (χ0) is 44.8. The largest absolute Gasteiger partial charge is 0.472 e. The van der Waals surface area contributed by atoms with Crippen LogP contribution in [0, 0.1) is 0 Å². The van der Waals surface area contributed by atoms with Crippen LogP contribution < -0.4 is 0 Å². The van der Waals surface area contributed by atoms with Crippen molar-refractivity contribution in [1.82, 2.24) is 0 Å². The average molecular weight is 877 g/mol. The lowest BCUT2D eigenvalue weighted by Gasteiger charge is -2.24. The number of unbranched alkanes of at least 4 members (excludes halogenated alkanes) is 19. The van der Waals surface area contributed by atoms with E-state index in [1.807, 2.05) is 21.1 Å². The van der Waals surface area contributed by atoms with Crippen molar-refractivity contribution in [2.75, 3.05) is 54.1 Å². The molecule has 0 aromatic heterocycles. The summed E-state index contributed by atoms with van der Waals surface area (Å²) in [4.78, 5) is 22.9. The molecule has 8 nitrogen and oxygen atoms in total. The van der Waals surface area contributed by atoms with E-state index >= 15 is 0 Å². The quantitative estimate of drug-likeness (QED) is 0.0214. The molecule has 1 N–H and O–H groups in total. The van der Waals surface area contributed by atoms with Gasteiger partial charge in [-0.25, -0.2) is 4.57 Å². The summed E-state index contributed by atoms with van der Waals surface area (Å²) in [5, 5.41) is 0. The molecule has 0 radical (unpaired) electrons. The predicted molar refractivity (Wildman–Crippen MR) is 261 cm³/mol. The minimum absolute atomic E-state index is 0.0748. The molecule has 0 amide bonds. The number of ether oxygens (including phenoxy) is 2. The van der Waals surface area contributed by atoms with Crippen LogP contribution in [0.15, 0.2) is 72.9 Å². The summed E-state index contributed by atoms with van der Waals surface area (Å²) in [7, 11) is 1.62. The first-order chi connectivity index (χ1) is 29.6. The maximum atomic E-state index is 12.7. The second-order valence-electron chi connectivity index (χ2n) is 17.5. The summed E-state index contributed by atoms with van der Waals surface area (Å²) in [5.74, 6) is -0.371. The minimum Gasteiger partial charge on any atom is -0.457 e. The van der Waals surface area contributed by atoms with E-state index in [0.29, 0.717) is 24.1 Å². The Morgan fingerprint density at radius 3 is 1.44 bits per heavy atom. The van der Waals surface area contributed by atoms with Gasteiger partial charge in [0.1, 0.15) is 19.3 Å². The summed E-state index contributed by atoms with van der Waals surface area (Å²) in [5.41, 5.74) is 0. The van der Waals surface area contributed by atoms with Crippen molar-refractivity contribution in [1.29, 1.82) is 0 Å². The van der Waals surface area contributed by atoms with Crippen molar-refractivity contribution >= 4 is 13.8 Å². The van der Waals surface area contributed by atoms with Crippen LogP contribution in [-0.4, -0.2) is 75.6 Å². The minimum atomic E-state index is -4.30. The third-order valence-corrected chi connectivity index (χ3v) is 11.2. The number of likely N-dealkylation sites (N-methyl/N-ethyl adjacent to an activating group) is 1. The maximum absolute atomic E-state index is 12.7. The summed E-state index contributed by atoms with van der Waals surface area (Å²) in [6.07, 6.45) is 58.2. The summed E-state index contributed by atoms with van der Waals surface area (Å²) >= 11 is 0. The van der Waals surface area contributed by atoms with Crippen LogP contribution in [-0.2, 0) is 27.9 Å². The fraction of sp³-hybridized carbons (Fsp3) is 0.750. The lowest BCUT2D eigenvalue weighted by Crippen LogP contribution is -2.37. The Morgan fingerprint density at radius 1 is 0.525 bits per heavy atom. The fourth-order valence-electron chi connectivity index (χ4n) is 6.47. The molecule has 0 rings (SSSR count). The normalized spacial score (nSPS) is 14.3. The van der Waals surface area contributed by atoms with Gasteiger partial charge in [0.25, 0.3) is 0 Å². The molecular formula is C52H95NO7P+. The van der Waals surface area contributed by atoms with Crippen LogP contribution in [0.5, 0.6) is 0 Å². The van der Waals surface area contributed by atoms with Crippen LogP contribution in [0.1, 0.15) is 194 Å². The highest BCUT2D eigenvalue weighted by atomic mass is 31.2. The number of hydrogen-bond acceptors (Lipinski definition) is 6. The molecule has 0 bridgehead atoms. The Kier molecular flexibility index (Phi) is 43.0. The molecule has 0 saturated heterocycles. The van der Waals surface area contributed by atoms with Crippen LogP contribution in [0.2, 0.25) is 0 Å². The van der Waals surface area contributed by atoms with Crippen molar-refractivity contribution in [2.45, 2.75) is 200 Å². The molecule has 0 aliphatic heterocycles. The zero-order valence-electron chi connectivity index (χ0n) is 40.1. The van der Waals surface area contributed by atoms with Gasteiger partial charge >= 0.3 is 13.8 Å². The summed E-state index contributed by atoms with van der Waals surface area (Å²) in [6.45, 7) is 5.43. The smallest absolute Gasteiger partial charge is 0.457 e. The van der Waals surface area contributed by atoms with Crippen LogP contribution in [0.3, 0.4) is 0 Å². The molecule has 61 heavy (non-hydrogen) atoms. The SMILES string of the molecule is CC/C=C\C/C=C\C/C=C\C/C=C\C/C=C\CCCC(=O)OC(COCCCCCCCCCCCC/C=C\CCCCCCCCCC)COP(=O)(O)OCC[N+](C)(C)C. The van der Waals surface area contributed by atoms with E-state index in [1.54, 1.807) is 0 Å². The summed E-state index contributed by atoms with van der Waals surface area (Å²) < 4.78 is 35.0. The molecule has 9 heteroatoms. The number of quaternary nitrogens is 1. The first kappa shape index (κ1) is 58.9. The topological polar surface area (TPSA) is 91.3 Å². The van der Waals surface area contributed by atoms with Gasteiger partial charge in [0.05, 0.1) is 34.4 Å². The van der Waals surface area contributed by atoms with E-state index in [2.05, 4.69) is 86.8 Å². The molecule has 0 aromatic rings. The number of carbonyl (C=O) groups excluding carboxylic acids is 1. The van der Waals surface area contributed by atoms with Gasteiger partial charge in [0, 0.05) is 13.0 Å². The number of allylic oxidation sites excluding steroid dienone is 12. The highest BCUT2D eigenvalue weighted by molar-refractivity contribution is 7.47. The van der Waals surface area contributed by atoms with Gasteiger partial charge in [-0.3, -0.25) is 13.8 Å². The molecule has 354 valence electrons. The third-order valence-electron chi connectivity index (χ3n) is 10.3. The highest BCUT2D eigenvalue weighted by Gasteiger charge is 2.26. The van der Waals surface area contributed by atoms with Crippen molar-refractivity contribution in [3.05, 3.63) is 72.9 Å². The zero-order valence-corrected chi connectivity index (χ0v) is 41.0. The van der Waals surface area contributed by atoms with Gasteiger partial charge in [-0.2, -0.15) is 0 Å². The number of phosphoric ester groups is 1. The predicted octanol–water partition coefficient (Wildman–Crippen LogP) is 15.1. The van der Waals surface area contributed by atoms with E-state index < -0.39 is 13.9 Å². The number of phosphoric acid groups is 1. The van der Waals surface area contributed by atoms with Gasteiger partial charge in [-0.05, 0) is 77.0 Å². The van der Waals surface area contributed by atoms with Gasteiger partial charge < -0.3 is 18.9 Å². The standard InChI is InChI=1S/C52H94NO7P/c1-6-8-10-12-14-16-18-20-22-24-25-26-27-28-30-32-34-36-38-40-42-44-47-57-49-51(50-59-61(55,56)58-48-46-53(3,4)5)60-52(54)45-43-41-39-37-35-33-31-29-23-21-19-17-15-13-11-9-7-2/h9,11,15,17,21,23-25,31,33,37,39,51H,6-8,10,12-14,16,18-20,22,26-30,32,34-36,38,40-50H2,1-5H3/p+1/b11-9-,17-15-,23-21-,25-24-,33-31-,39-37-. The van der Waals surface area contributed by atoms with Crippen LogP contribution in [0.25, 0.3) is 0 Å². The van der Waals surface area contributed by atoms with Gasteiger partial charge in [0.2, 0.25) is 0 Å². The van der Waals surface area contributed by atoms with Gasteiger partial charge in [-0.15, -0.1) is 0 Å². The molecule has 0 fully saturated rings. The number of esters is 1. The molecule has 0 heterocycles. The van der Waals surface area contributed by atoms with E-state index in [1.165, 1.54) is 116 Å². The van der Waals surface area contributed by atoms with Crippen molar-refractivity contribution in [3.63, 3.8) is 0 Å². The van der Waals surface area contributed by atoms with Gasteiger partial charge in [0.15, 0.2) is 0 Å². The highest BCUT2D eigenvalue weighted by Crippen LogP contribution is 2.43. The number of hydrogen-bond donors (Lipinski definition) is 1. The van der Waals surface area contributed by atoms with Crippen LogP contribution >= 0.6 is 7.82 Å². The molecule has 2 atom stereocenters. The van der Waals surface area contributed by atoms with Gasteiger partial charge in [-0.1, -0.05) is 183 Å². The number of carbonyl (C=O) groups is 1. The summed E-state index contributed by atoms with van der Waals surface area (Å²) in [6, 6.07) is 0. The first-order valence-electron chi connectivity index (χ1n) is 24.7. The van der Waals surface area contributed by atoms with E-state index in [4.69, 9.17) is 18.5 Å². The Morgan fingerprint density at radius 2 is 0.951 bits per heavy atom. The Labute approximate surface area is 376 Å². The Balaban J connectivity index is 4.23. The Bertz CT molecular complexity index is 1200. The van der Waals surface area contributed by atoms with Crippen molar-refractivity contribution in [2.24, 2.45) is 0 Å². The van der Waals surface area contributed by atoms with Crippen molar-refractivity contribution < 1.29 is 37.3 Å². The molecule has 0 aliphatic carbocycles. The molecule has 0 aliphatic rings. The van der Waals surface area contributed by atoms with E-state index in [9.17, 15) is 14.3 Å².